The minimum atomic E-state index is -2.22. The lowest BCUT2D eigenvalue weighted by Gasteiger charge is -2.39. The molecule has 0 aliphatic rings. The van der Waals surface area contributed by atoms with Gasteiger partial charge in [0.05, 0.1) is 6.61 Å². The van der Waals surface area contributed by atoms with Gasteiger partial charge >= 0.3 is 5.97 Å². The highest BCUT2D eigenvalue weighted by Gasteiger charge is 2.35. The summed E-state index contributed by atoms with van der Waals surface area (Å²) in [6, 6.07) is 28.5. The number of benzene rings is 3. The standard InChI is InChI=1S/C33H44O3S/c1-3-5-6-7-8-9-10-11-18-28-35-29-24-26-32(27-25-29)37(36-33(34)19-4-2,30-20-14-12-15-21-30)31-22-16-13-17-23-31/h12-17,20-27H,3-11,18-19,28H2,1-2H3. The third-order valence-electron chi connectivity index (χ3n) is 6.49. The predicted octanol–water partition coefficient (Wildman–Crippen LogP) is 10.1. The third kappa shape index (κ3) is 8.67. The van der Waals surface area contributed by atoms with E-state index < -0.39 is 10.3 Å². The van der Waals surface area contributed by atoms with Crippen molar-refractivity contribution in [1.82, 2.24) is 0 Å². The highest BCUT2D eigenvalue weighted by Crippen LogP contribution is 2.69. The maximum atomic E-state index is 12.9. The van der Waals surface area contributed by atoms with Gasteiger partial charge in [-0.05, 0) is 71.7 Å². The molecule has 0 N–H and O–H groups in total. The van der Waals surface area contributed by atoms with Crippen LogP contribution in [0.5, 0.6) is 5.75 Å². The zero-order valence-corrected chi connectivity index (χ0v) is 23.5. The van der Waals surface area contributed by atoms with Gasteiger partial charge < -0.3 is 8.92 Å². The molecule has 0 fully saturated rings. The summed E-state index contributed by atoms with van der Waals surface area (Å²) in [4.78, 5) is 15.9. The first-order chi connectivity index (χ1) is 18.2. The number of carbonyl (C=O) groups excluding carboxylic acids is 1. The number of hydrogen-bond donors (Lipinski definition) is 0. The Bertz CT molecular complexity index is 979. The van der Waals surface area contributed by atoms with Crippen LogP contribution in [-0.4, -0.2) is 12.6 Å². The molecule has 3 aromatic carbocycles. The van der Waals surface area contributed by atoms with Gasteiger partial charge in [-0.1, -0.05) is 102 Å². The summed E-state index contributed by atoms with van der Waals surface area (Å²) in [5, 5.41) is 0. The number of unbranched alkanes of at least 4 members (excludes halogenated alkanes) is 8. The first kappa shape index (κ1) is 28.8. The monoisotopic (exact) mass is 520 g/mol. The van der Waals surface area contributed by atoms with Crippen molar-refractivity contribution in [2.24, 2.45) is 0 Å². The van der Waals surface area contributed by atoms with Crippen LogP contribution in [0.3, 0.4) is 0 Å². The van der Waals surface area contributed by atoms with Crippen molar-refractivity contribution in [3.63, 3.8) is 0 Å². The lowest BCUT2D eigenvalue weighted by atomic mass is 10.1. The van der Waals surface area contributed by atoms with E-state index in [4.69, 9.17) is 8.92 Å². The van der Waals surface area contributed by atoms with Gasteiger partial charge in [-0.25, -0.2) is 0 Å². The quantitative estimate of drug-likeness (QED) is 0.166. The second-order valence-electron chi connectivity index (χ2n) is 9.54. The van der Waals surface area contributed by atoms with Crippen molar-refractivity contribution in [1.29, 1.82) is 0 Å². The molecule has 0 heterocycles. The molecule has 37 heavy (non-hydrogen) atoms. The van der Waals surface area contributed by atoms with E-state index in [-0.39, 0.29) is 5.97 Å². The average Bonchev–Trinajstić information content (AvgIpc) is 2.94. The molecule has 200 valence electrons. The Kier molecular flexibility index (Phi) is 12.6. The summed E-state index contributed by atoms with van der Waals surface area (Å²) < 4.78 is 12.5. The largest absolute Gasteiger partial charge is 0.494 e. The van der Waals surface area contributed by atoms with Crippen molar-refractivity contribution in [2.75, 3.05) is 6.61 Å². The van der Waals surface area contributed by atoms with Gasteiger partial charge in [0.2, 0.25) is 0 Å². The molecule has 0 bridgehead atoms. The summed E-state index contributed by atoms with van der Waals surface area (Å²) in [6.07, 6.45) is 12.9. The van der Waals surface area contributed by atoms with Gasteiger partial charge in [0, 0.05) is 21.1 Å². The Labute approximate surface area is 226 Å². The Balaban J connectivity index is 1.70. The van der Waals surface area contributed by atoms with Crippen LogP contribution in [0.4, 0.5) is 0 Å². The van der Waals surface area contributed by atoms with E-state index in [1.54, 1.807) is 0 Å². The Hall–Kier alpha value is -2.72. The molecule has 0 unspecified atom stereocenters. The second kappa shape index (κ2) is 16.2. The third-order valence-corrected chi connectivity index (χ3v) is 9.74. The summed E-state index contributed by atoms with van der Waals surface area (Å²) >= 11 is 0. The van der Waals surface area contributed by atoms with Crippen LogP contribution < -0.4 is 4.74 Å². The lowest BCUT2D eigenvalue weighted by Crippen LogP contribution is -2.13. The topological polar surface area (TPSA) is 35.5 Å². The van der Waals surface area contributed by atoms with E-state index in [1.165, 1.54) is 51.4 Å². The maximum absolute atomic E-state index is 12.9. The first-order valence-corrected chi connectivity index (χ1v) is 15.6. The van der Waals surface area contributed by atoms with E-state index in [0.29, 0.717) is 6.42 Å². The van der Waals surface area contributed by atoms with E-state index in [1.807, 2.05) is 55.5 Å². The lowest BCUT2D eigenvalue weighted by molar-refractivity contribution is -0.133. The van der Waals surface area contributed by atoms with Crippen LogP contribution in [0.25, 0.3) is 0 Å². The minimum absolute atomic E-state index is 0.170. The van der Waals surface area contributed by atoms with Crippen molar-refractivity contribution < 1.29 is 13.7 Å². The Morgan fingerprint density at radius 1 is 0.595 bits per heavy atom. The van der Waals surface area contributed by atoms with Gasteiger partial charge in [0.25, 0.3) is 0 Å². The summed E-state index contributed by atoms with van der Waals surface area (Å²) in [5.41, 5.74) is 0. The Morgan fingerprint density at radius 2 is 1.08 bits per heavy atom. The SMILES string of the molecule is CCCCCCCCCCCOc1ccc(S(OC(=O)CCC)(c2ccccc2)c2ccccc2)cc1. The summed E-state index contributed by atoms with van der Waals surface area (Å²) in [5.74, 6) is 0.688. The normalized spacial score (nSPS) is 11.7. The van der Waals surface area contributed by atoms with Gasteiger partial charge in [-0.15, -0.1) is 0 Å². The Morgan fingerprint density at radius 3 is 1.59 bits per heavy atom. The number of rotatable bonds is 17. The maximum Gasteiger partial charge on any atom is 0.317 e. The van der Waals surface area contributed by atoms with Crippen molar-refractivity contribution in [3.8, 4) is 5.75 Å². The predicted molar refractivity (Wildman–Crippen MR) is 155 cm³/mol. The molecule has 3 aromatic rings. The fourth-order valence-electron chi connectivity index (χ4n) is 4.49. The molecule has 0 aliphatic heterocycles. The second-order valence-corrected chi connectivity index (χ2v) is 12.2. The highest BCUT2D eigenvalue weighted by molar-refractivity contribution is 8.30. The number of carbonyl (C=O) groups is 1. The van der Waals surface area contributed by atoms with Crippen LogP contribution in [0.2, 0.25) is 0 Å². The molecule has 3 nitrogen and oxygen atoms in total. The van der Waals surface area contributed by atoms with Crippen LogP contribution in [0.1, 0.15) is 84.5 Å². The molecule has 0 aromatic heterocycles. The highest BCUT2D eigenvalue weighted by atomic mass is 32.3. The van der Waals surface area contributed by atoms with Gasteiger partial charge in [-0.2, -0.15) is 0 Å². The van der Waals surface area contributed by atoms with Crippen LogP contribution in [0.15, 0.2) is 99.6 Å². The molecular formula is C33H44O3S. The van der Waals surface area contributed by atoms with E-state index in [2.05, 4.69) is 43.3 Å². The fourth-order valence-corrected chi connectivity index (χ4v) is 7.56. The van der Waals surface area contributed by atoms with E-state index in [9.17, 15) is 4.79 Å². The average molecular weight is 521 g/mol. The van der Waals surface area contributed by atoms with Gasteiger partial charge in [-0.3, -0.25) is 4.79 Å². The van der Waals surface area contributed by atoms with Gasteiger partial charge in [0.1, 0.15) is 5.75 Å². The smallest absolute Gasteiger partial charge is 0.317 e. The molecule has 0 radical (unpaired) electrons. The molecule has 4 heteroatoms. The van der Waals surface area contributed by atoms with Crippen molar-refractivity contribution in [3.05, 3.63) is 84.9 Å². The fraction of sp³-hybridized carbons (Fsp3) is 0.424. The van der Waals surface area contributed by atoms with Crippen LogP contribution in [-0.2, 0) is 8.98 Å². The number of ether oxygens (including phenoxy) is 1. The molecule has 0 amide bonds. The van der Waals surface area contributed by atoms with Crippen molar-refractivity contribution >= 4 is 16.3 Å². The molecule has 3 rings (SSSR count). The summed E-state index contributed by atoms with van der Waals surface area (Å²) in [6.45, 7) is 5.00. The molecule has 0 saturated carbocycles. The zero-order chi connectivity index (χ0) is 26.2. The molecule has 0 aliphatic carbocycles. The molecule has 0 atom stereocenters. The van der Waals surface area contributed by atoms with Gasteiger partial charge in [0.15, 0.2) is 0 Å². The molecule has 0 saturated heterocycles. The molecule has 0 spiro atoms. The molecular weight excluding hydrogens is 476 g/mol. The first-order valence-electron chi connectivity index (χ1n) is 14.1. The number of hydrogen-bond acceptors (Lipinski definition) is 3. The summed E-state index contributed by atoms with van der Waals surface area (Å²) in [7, 11) is -2.22. The minimum Gasteiger partial charge on any atom is -0.494 e. The van der Waals surface area contributed by atoms with E-state index >= 15 is 0 Å². The van der Waals surface area contributed by atoms with Crippen molar-refractivity contribution in [2.45, 2.75) is 99.2 Å². The van der Waals surface area contributed by atoms with Crippen LogP contribution >= 0.6 is 10.3 Å². The van der Waals surface area contributed by atoms with E-state index in [0.717, 1.165) is 39.9 Å². The van der Waals surface area contributed by atoms with Crippen LogP contribution in [0, 0.1) is 0 Å². The zero-order valence-electron chi connectivity index (χ0n) is 22.7.